The zero-order chi connectivity index (χ0) is 21.9. The molecule has 0 bridgehead atoms. The van der Waals surface area contributed by atoms with Gasteiger partial charge in [0.25, 0.3) is 5.91 Å². The Labute approximate surface area is 174 Å². The van der Waals surface area contributed by atoms with Gasteiger partial charge in [0, 0.05) is 18.7 Å². The van der Waals surface area contributed by atoms with Crippen molar-refractivity contribution in [1.29, 1.82) is 0 Å². The molecular formula is C22H24N2O6. The number of nitrogens with one attached hydrogen (secondary N) is 2. The number of carbonyl (C=O) groups is 3. The van der Waals surface area contributed by atoms with Crippen molar-refractivity contribution in [3.63, 3.8) is 0 Å². The first-order chi connectivity index (χ1) is 14.5. The number of imide groups is 1. The van der Waals surface area contributed by atoms with Crippen LogP contribution in [0.15, 0.2) is 54.6 Å². The fraction of sp³-hybridized carbons (Fsp3) is 0.227. The fourth-order valence-corrected chi connectivity index (χ4v) is 2.53. The Kier molecular flexibility index (Phi) is 8.43. The predicted molar refractivity (Wildman–Crippen MR) is 111 cm³/mol. The Morgan fingerprint density at radius 1 is 1.07 bits per heavy atom. The summed E-state index contributed by atoms with van der Waals surface area (Å²) in [5.74, 6) is -0.385. The topological polar surface area (TPSA) is 103 Å². The highest BCUT2D eigenvalue weighted by Gasteiger charge is 2.25. The van der Waals surface area contributed by atoms with Crippen LogP contribution in [0.4, 0.5) is 4.79 Å². The second-order valence-electron chi connectivity index (χ2n) is 5.97. The van der Waals surface area contributed by atoms with Gasteiger partial charge in [-0.3, -0.25) is 10.1 Å². The summed E-state index contributed by atoms with van der Waals surface area (Å²) in [7, 11) is 2.92. The van der Waals surface area contributed by atoms with E-state index in [0.717, 1.165) is 0 Å². The number of methoxy groups -OCH3 is 1. The third kappa shape index (κ3) is 6.37. The molecule has 8 heteroatoms. The molecule has 3 amide bonds. The van der Waals surface area contributed by atoms with Crippen LogP contribution < -0.4 is 20.1 Å². The van der Waals surface area contributed by atoms with E-state index in [9.17, 15) is 14.4 Å². The summed E-state index contributed by atoms with van der Waals surface area (Å²) in [4.78, 5) is 36.2. The molecule has 2 N–H and O–H groups in total. The van der Waals surface area contributed by atoms with Crippen LogP contribution in [0.5, 0.6) is 11.5 Å². The lowest BCUT2D eigenvalue weighted by atomic mass is 10.1. The smallest absolute Gasteiger partial charge is 0.331 e. The molecule has 0 saturated heterocycles. The lowest BCUT2D eigenvalue weighted by molar-refractivity contribution is -0.151. The number of hydrogen-bond acceptors (Lipinski definition) is 6. The van der Waals surface area contributed by atoms with Gasteiger partial charge in [-0.05, 0) is 30.7 Å². The van der Waals surface area contributed by atoms with Gasteiger partial charge in [-0.1, -0.05) is 36.4 Å². The van der Waals surface area contributed by atoms with Crippen molar-refractivity contribution in [2.75, 3.05) is 20.8 Å². The van der Waals surface area contributed by atoms with Crippen molar-refractivity contribution in [2.45, 2.75) is 13.0 Å². The molecule has 2 aromatic rings. The molecule has 0 heterocycles. The van der Waals surface area contributed by atoms with Gasteiger partial charge in [0.2, 0.25) is 6.10 Å². The molecule has 1 atom stereocenters. The summed E-state index contributed by atoms with van der Waals surface area (Å²) in [5.41, 5.74) is 1.12. The summed E-state index contributed by atoms with van der Waals surface area (Å²) >= 11 is 0. The number of amides is 3. The number of ether oxygens (including phenoxy) is 3. The van der Waals surface area contributed by atoms with Gasteiger partial charge in [-0.15, -0.1) is 0 Å². The van der Waals surface area contributed by atoms with E-state index in [2.05, 4.69) is 10.6 Å². The largest absolute Gasteiger partial charge is 0.493 e. The molecule has 0 aliphatic heterocycles. The minimum Gasteiger partial charge on any atom is -0.493 e. The van der Waals surface area contributed by atoms with E-state index >= 15 is 0 Å². The first-order valence-corrected chi connectivity index (χ1v) is 9.25. The maximum absolute atomic E-state index is 12.4. The third-order valence-electron chi connectivity index (χ3n) is 3.94. The summed E-state index contributed by atoms with van der Waals surface area (Å²) in [5, 5.41) is 4.40. The molecule has 0 aliphatic carbocycles. The Balaban J connectivity index is 2.16. The van der Waals surface area contributed by atoms with E-state index < -0.39 is 24.0 Å². The van der Waals surface area contributed by atoms with Gasteiger partial charge in [-0.25, -0.2) is 9.59 Å². The Hall–Kier alpha value is -3.81. The summed E-state index contributed by atoms with van der Waals surface area (Å²) in [6, 6.07) is 12.9. The number of carbonyl (C=O) groups excluding carboxylic acids is 3. The minimum atomic E-state index is -1.28. The number of benzene rings is 2. The lowest BCUT2D eigenvalue weighted by Gasteiger charge is -2.16. The van der Waals surface area contributed by atoms with E-state index in [1.807, 2.05) is 6.92 Å². The molecule has 0 aromatic heterocycles. The predicted octanol–water partition coefficient (Wildman–Crippen LogP) is 2.85. The maximum Gasteiger partial charge on any atom is 0.331 e. The maximum atomic E-state index is 12.4. The molecule has 0 spiro atoms. The van der Waals surface area contributed by atoms with E-state index in [-0.39, 0.29) is 0 Å². The molecule has 2 aromatic carbocycles. The first kappa shape index (κ1) is 22.5. The number of urea groups is 1. The minimum absolute atomic E-state index is 0.434. The van der Waals surface area contributed by atoms with Gasteiger partial charge in [0.05, 0.1) is 13.7 Å². The average Bonchev–Trinajstić information content (AvgIpc) is 2.76. The quantitative estimate of drug-likeness (QED) is 0.511. The van der Waals surface area contributed by atoms with Crippen LogP contribution >= 0.6 is 0 Å². The van der Waals surface area contributed by atoms with Gasteiger partial charge in [0.1, 0.15) is 0 Å². The zero-order valence-electron chi connectivity index (χ0n) is 17.0. The highest BCUT2D eigenvalue weighted by atomic mass is 16.5. The average molecular weight is 412 g/mol. The Morgan fingerprint density at radius 3 is 2.43 bits per heavy atom. The van der Waals surface area contributed by atoms with E-state index in [0.29, 0.717) is 29.2 Å². The van der Waals surface area contributed by atoms with Crippen LogP contribution in [0, 0.1) is 0 Å². The van der Waals surface area contributed by atoms with Crippen LogP contribution in [0.25, 0.3) is 6.08 Å². The summed E-state index contributed by atoms with van der Waals surface area (Å²) in [6.45, 7) is 2.32. The van der Waals surface area contributed by atoms with Gasteiger partial charge in [0.15, 0.2) is 11.5 Å². The van der Waals surface area contributed by atoms with Crippen molar-refractivity contribution < 1.29 is 28.6 Å². The molecule has 0 saturated carbocycles. The number of esters is 1. The fourth-order valence-electron chi connectivity index (χ4n) is 2.53. The lowest BCUT2D eigenvalue weighted by Crippen LogP contribution is -2.41. The van der Waals surface area contributed by atoms with Gasteiger partial charge >= 0.3 is 12.0 Å². The van der Waals surface area contributed by atoms with E-state index in [1.165, 1.54) is 26.3 Å². The summed E-state index contributed by atoms with van der Waals surface area (Å²) in [6.07, 6.45) is 1.44. The standard InChI is InChI=1S/C22H24N2O6/c1-4-29-18-14-15(10-12-17(18)28-3)11-13-19(25)30-20(16-8-6-5-7-9-16)21(26)24-22(27)23-2/h5-14,20H,4H2,1-3H3,(H2,23,24,26,27)/b13-11+/t20-/m1/s1. The van der Waals surface area contributed by atoms with Gasteiger partial charge < -0.3 is 19.5 Å². The highest BCUT2D eigenvalue weighted by Crippen LogP contribution is 2.28. The number of rotatable bonds is 8. The monoisotopic (exact) mass is 412 g/mol. The van der Waals surface area contributed by atoms with Crippen molar-refractivity contribution in [2.24, 2.45) is 0 Å². The Bertz CT molecular complexity index is 911. The molecule has 0 unspecified atom stereocenters. The SMILES string of the molecule is CCOc1cc(/C=C/C(=O)O[C@@H](C(=O)NC(=O)NC)c2ccccc2)ccc1OC. The highest BCUT2D eigenvalue weighted by molar-refractivity contribution is 5.98. The molecule has 2 rings (SSSR count). The van der Waals surface area contributed by atoms with Crippen LogP contribution in [-0.2, 0) is 14.3 Å². The Morgan fingerprint density at radius 2 is 1.80 bits per heavy atom. The van der Waals surface area contributed by atoms with Crippen molar-refractivity contribution in [3.8, 4) is 11.5 Å². The molecule has 0 aliphatic rings. The van der Waals surface area contributed by atoms with E-state index in [4.69, 9.17) is 14.2 Å². The normalized spacial score (nSPS) is 11.4. The van der Waals surface area contributed by atoms with Crippen LogP contribution in [0.1, 0.15) is 24.2 Å². The third-order valence-corrected chi connectivity index (χ3v) is 3.94. The second-order valence-corrected chi connectivity index (χ2v) is 5.97. The molecule has 158 valence electrons. The second kappa shape index (κ2) is 11.3. The van der Waals surface area contributed by atoms with Crippen LogP contribution in [0.3, 0.4) is 0 Å². The van der Waals surface area contributed by atoms with Gasteiger partial charge in [-0.2, -0.15) is 0 Å². The van der Waals surface area contributed by atoms with Crippen molar-refractivity contribution in [3.05, 3.63) is 65.7 Å². The number of hydrogen-bond donors (Lipinski definition) is 2. The molecular weight excluding hydrogens is 388 g/mol. The first-order valence-electron chi connectivity index (χ1n) is 9.25. The van der Waals surface area contributed by atoms with Crippen LogP contribution in [0.2, 0.25) is 0 Å². The molecule has 30 heavy (non-hydrogen) atoms. The molecule has 0 fully saturated rings. The van der Waals surface area contributed by atoms with Crippen molar-refractivity contribution >= 4 is 24.0 Å². The van der Waals surface area contributed by atoms with E-state index in [1.54, 1.807) is 48.5 Å². The van der Waals surface area contributed by atoms with Crippen LogP contribution in [-0.4, -0.2) is 38.7 Å². The van der Waals surface area contributed by atoms with Crippen molar-refractivity contribution in [1.82, 2.24) is 10.6 Å². The summed E-state index contributed by atoms with van der Waals surface area (Å²) < 4.78 is 16.1. The molecule has 8 nitrogen and oxygen atoms in total. The molecule has 0 radical (unpaired) electrons. The zero-order valence-corrected chi connectivity index (χ0v) is 17.0.